The first-order chi connectivity index (χ1) is 9.22. The summed E-state index contributed by atoms with van der Waals surface area (Å²) in [6.45, 7) is 0. The van der Waals surface area contributed by atoms with Crippen LogP contribution < -0.4 is 10.6 Å². The van der Waals surface area contributed by atoms with Crippen LogP contribution in [0.15, 0.2) is 6.33 Å². The van der Waals surface area contributed by atoms with Crippen molar-refractivity contribution in [1.29, 1.82) is 0 Å². The summed E-state index contributed by atoms with van der Waals surface area (Å²) in [5, 5.41) is 17.1. The number of nitrogens with one attached hydrogen (secondary N) is 2. The molecule has 0 spiro atoms. The number of rotatable bonds is 4. The predicted molar refractivity (Wildman–Crippen MR) is 73.3 cm³/mol. The lowest BCUT2D eigenvalue weighted by Gasteiger charge is -2.17. The molecule has 0 amide bonds. The molecule has 0 aliphatic heterocycles. The van der Waals surface area contributed by atoms with Crippen molar-refractivity contribution in [2.75, 3.05) is 17.7 Å². The second-order valence-corrected chi connectivity index (χ2v) is 4.76. The standard InChI is InChI=1S/C12H19N5O2/c1-13-11-10(17(18)19)12(15-8-14-11)16-9-6-4-2-3-5-7-9/h8-9H,2-7H2,1H3,(H2,13,14,15,16). The summed E-state index contributed by atoms with van der Waals surface area (Å²) in [6.07, 6.45) is 8.23. The van der Waals surface area contributed by atoms with E-state index in [0.29, 0.717) is 5.82 Å². The van der Waals surface area contributed by atoms with Crippen molar-refractivity contribution in [2.45, 2.75) is 44.6 Å². The Balaban J connectivity index is 2.21. The van der Waals surface area contributed by atoms with Crippen LogP contribution in [0.2, 0.25) is 0 Å². The van der Waals surface area contributed by atoms with Gasteiger partial charge >= 0.3 is 5.69 Å². The van der Waals surface area contributed by atoms with Crippen molar-refractivity contribution < 1.29 is 4.92 Å². The van der Waals surface area contributed by atoms with E-state index in [9.17, 15) is 10.1 Å². The molecule has 1 aromatic rings. The molecule has 2 N–H and O–H groups in total. The van der Waals surface area contributed by atoms with Crippen molar-refractivity contribution in [2.24, 2.45) is 0 Å². The Hall–Kier alpha value is -1.92. The molecule has 0 aromatic carbocycles. The fourth-order valence-corrected chi connectivity index (χ4v) is 2.46. The van der Waals surface area contributed by atoms with Gasteiger partial charge in [0.15, 0.2) is 0 Å². The maximum atomic E-state index is 11.2. The Morgan fingerprint density at radius 2 is 1.84 bits per heavy atom. The predicted octanol–water partition coefficient (Wildman–Crippen LogP) is 2.56. The molecule has 2 rings (SSSR count). The zero-order chi connectivity index (χ0) is 13.7. The van der Waals surface area contributed by atoms with Gasteiger partial charge in [0.05, 0.1) is 4.92 Å². The van der Waals surface area contributed by atoms with Crippen LogP contribution in [0.5, 0.6) is 0 Å². The molecule has 1 aliphatic carbocycles. The van der Waals surface area contributed by atoms with E-state index in [1.807, 2.05) is 0 Å². The van der Waals surface area contributed by atoms with E-state index in [1.165, 1.54) is 19.2 Å². The molecule has 1 heterocycles. The van der Waals surface area contributed by atoms with Crippen LogP contribution in [-0.2, 0) is 0 Å². The van der Waals surface area contributed by atoms with Crippen LogP contribution in [0.3, 0.4) is 0 Å². The van der Waals surface area contributed by atoms with E-state index in [-0.39, 0.29) is 17.5 Å². The molecule has 19 heavy (non-hydrogen) atoms. The van der Waals surface area contributed by atoms with Gasteiger partial charge in [-0.05, 0) is 12.8 Å². The third-order valence-electron chi connectivity index (χ3n) is 3.44. The van der Waals surface area contributed by atoms with Crippen molar-refractivity contribution >= 4 is 17.3 Å². The van der Waals surface area contributed by atoms with Gasteiger partial charge in [0.1, 0.15) is 6.33 Å². The molecular weight excluding hydrogens is 246 g/mol. The lowest BCUT2D eigenvalue weighted by Crippen LogP contribution is -2.20. The molecule has 0 atom stereocenters. The normalized spacial score (nSPS) is 16.7. The zero-order valence-electron chi connectivity index (χ0n) is 11.1. The van der Waals surface area contributed by atoms with Gasteiger partial charge in [-0.2, -0.15) is 0 Å². The summed E-state index contributed by atoms with van der Waals surface area (Å²) < 4.78 is 0. The lowest BCUT2D eigenvalue weighted by molar-refractivity contribution is -0.383. The van der Waals surface area contributed by atoms with E-state index in [2.05, 4.69) is 20.6 Å². The SMILES string of the molecule is CNc1ncnc(NC2CCCCCC2)c1[N+](=O)[O-]. The summed E-state index contributed by atoms with van der Waals surface area (Å²) >= 11 is 0. The summed E-state index contributed by atoms with van der Waals surface area (Å²) in [5.41, 5.74) is -0.0748. The summed E-state index contributed by atoms with van der Waals surface area (Å²) in [4.78, 5) is 18.6. The highest BCUT2D eigenvalue weighted by atomic mass is 16.6. The molecule has 0 unspecified atom stereocenters. The van der Waals surface area contributed by atoms with Crippen molar-refractivity contribution in [3.05, 3.63) is 16.4 Å². The molecular formula is C12H19N5O2. The Kier molecular flexibility index (Phi) is 4.48. The van der Waals surface area contributed by atoms with Gasteiger partial charge in [-0.1, -0.05) is 25.7 Å². The molecule has 1 saturated carbocycles. The highest BCUT2D eigenvalue weighted by Crippen LogP contribution is 2.30. The highest BCUT2D eigenvalue weighted by Gasteiger charge is 2.24. The molecule has 0 bridgehead atoms. The van der Waals surface area contributed by atoms with Gasteiger partial charge in [-0.15, -0.1) is 0 Å². The maximum Gasteiger partial charge on any atom is 0.353 e. The Labute approximate surface area is 112 Å². The Bertz CT molecular complexity index is 444. The monoisotopic (exact) mass is 265 g/mol. The van der Waals surface area contributed by atoms with E-state index in [4.69, 9.17) is 0 Å². The number of hydrogen-bond acceptors (Lipinski definition) is 6. The largest absolute Gasteiger partial charge is 0.367 e. The molecule has 1 aliphatic rings. The highest BCUT2D eigenvalue weighted by molar-refractivity contribution is 5.69. The average molecular weight is 265 g/mol. The van der Waals surface area contributed by atoms with Crippen LogP contribution in [-0.4, -0.2) is 28.0 Å². The second kappa shape index (κ2) is 6.31. The number of aromatic nitrogens is 2. The van der Waals surface area contributed by atoms with Crippen molar-refractivity contribution in [1.82, 2.24) is 9.97 Å². The second-order valence-electron chi connectivity index (χ2n) is 4.76. The maximum absolute atomic E-state index is 11.2. The summed E-state index contributed by atoms with van der Waals surface area (Å²) in [6, 6.07) is 0.265. The minimum Gasteiger partial charge on any atom is -0.367 e. The van der Waals surface area contributed by atoms with Crippen LogP contribution >= 0.6 is 0 Å². The van der Waals surface area contributed by atoms with Gasteiger partial charge in [0.25, 0.3) is 0 Å². The van der Waals surface area contributed by atoms with Crippen LogP contribution in [0, 0.1) is 10.1 Å². The number of hydrogen-bond donors (Lipinski definition) is 2. The van der Waals surface area contributed by atoms with E-state index >= 15 is 0 Å². The van der Waals surface area contributed by atoms with Gasteiger partial charge in [0, 0.05) is 13.1 Å². The first-order valence-electron chi connectivity index (χ1n) is 6.66. The number of nitro groups is 1. The van der Waals surface area contributed by atoms with Crippen LogP contribution in [0.4, 0.5) is 17.3 Å². The quantitative estimate of drug-likeness (QED) is 0.493. The van der Waals surface area contributed by atoms with E-state index < -0.39 is 4.92 Å². The van der Waals surface area contributed by atoms with E-state index in [0.717, 1.165) is 25.7 Å². The fraction of sp³-hybridized carbons (Fsp3) is 0.667. The molecule has 0 radical (unpaired) electrons. The first-order valence-corrected chi connectivity index (χ1v) is 6.66. The molecule has 1 fully saturated rings. The van der Waals surface area contributed by atoms with Crippen LogP contribution in [0.1, 0.15) is 38.5 Å². The van der Waals surface area contributed by atoms with Gasteiger partial charge in [0.2, 0.25) is 11.6 Å². The van der Waals surface area contributed by atoms with E-state index in [1.54, 1.807) is 7.05 Å². The Morgan fingerprint density at radius 3 is 2.42 bits per heavy atom. The summed E-state index contributed by atoms with van der Waals surface area (Å²) in [5.74, 6) is 0.562. The van der Waals surface area contributed by atoms with Crippen molar-refractivity contribution in [3.63, 3.8) is 0 Å². The minimum absolute atomic E-state index is 0.0748. The molecule has 0 saturated heterocycles. The molecule has 7 nitrogen and oxygen atoms in total. The van der Waals surface area contributed by atoms with Crippen LogP contribution in [0.25, 0.3) is 0 Å². The van der Waals surface area contributed by atoms with Gasteiger partial charge in [-0.3, -0.25) is 10.1 Å². The summed E-state index contributed by atoms with van der Waals surface area (Å²) in [7, 11) is 1.62. The van der Waals surface area contributed by atoms with Gasteiger partial charge < -0.3 is 10.6 Å². The average Bonchev–Trinajstić information content (AvgIpc) is 2.66. The zero-order valence-corrected chi connectivity index (χ0v) is 11.1. The molecule has 104 valence electrons. The third-order valence-corrected chi connectivity index (χ3v) is 3.44. The topological polar surface area (TPSA) is 93.0 Å². The number of anilines is 2. The van der Waals surface area contributed by atoms with Crippen molar-refractivity contribution in [3.8, 4) is 0 Å². The fourth-order valence-electron chi connectivity index (χ4n) is 2.46. The van der Waals surface area contributed by atoms with Gasteiger partial charge in [-0.25, -0.2) is 9.97 Å². The minimum atomic E-state index is -0.440. The number of nitrogens with zero attached hydrogens (tertiary/aromatic N) is 3. The Morgan fingerprint density at radius 1 is 1.21 bits per heavy atom. The lowest BCUT2D eigenvalue weighted by atomic mass is 10.1. The smallest absolute Gasteiger partial charge is 0.353 e. The molecule has 1 aromatic heterocycles. The third kappa shape index (κ3) is 3.30. The molecule has 7 heteroatoms. The first kappa shape index (κ1) is 13.5.